The van der Waals surface area contributed by atoms with Crippen LogP contribution in [0.5, 0.6) is 5.75 Å². The lowest BCUT2D eigenvalue weighted by Crippen LogP contribution is -2.44. The maximum Gasteiger partial charge on any atom is 0.243 e. The maximum absolute atomic E-state index is 13.6. The number of rotatable bonds is 5. The Morgan fingerprint density at radius 3 is 2.41 bits per heavy atom. The van der Waals surface area contributed by atoms with E-state index in [1.54, 1.807) is 29.6 Å². The SMILES string of the molecule is COc1ccc(S(=O)(=O)N2CCC(c3c[nH]c4ccc(C)cc34)CC2)cc1N1CCN(C)CC1. The van der Waals surface area contributed by atoms with Gasteiger partial charge in [0.2, 0.25) is 10.0 Å². The zero-order chi connectivity index (χ0) is 23.9. The molecule has 0 bridgehead atoms. The van der Waals surface area contributed by atoms with Crippen LogP contribution in [0.3, 0.4) is 0 Å². The molecule has 1 N–H and O–H groups in total. The monoisotopic (exact) mass is 482 g/mol. The van der Waals surface area contributed by atoms with Gasteiger partial charge < -0.3 is 19.5 Å². The fourth-order valence-electron chi connectivity index (χ4n) is 5.27. The Labute approximate surface area is 202 Å². The third-order valence-corrected chi connectivity index (χ3v) is 9.29. The summed E-state index contributed by atoms with van der Waals surface area (Å²) in [7, 11) is 0.179. The van der Waals surface area contributed by atoms with Gasteiger partial charge in [-0.3, -0.25) is 0 Å². The van der Waals surface area contributed by atoms with E-state index in [9.17, 15) is 8.42 Å². The van der Waals surface area contributed by atoms with E-state index in [2.05, 4.69) is 53.2 Å². The lowest BCUT2D eigenvalue weighted by molar-refractivity contribution is 0.310. The number of aromatic nitrogens is 1. The molecule has 2 aliphatic heterocycles. The summed E-state index contributed by atoms with van der Waals surface area (Å²) < 4.78 is 34.4. The molecule has 34 heavy (non-hydrogen) atoms. The molecule has 1 aromatic heterocycles. The number of methoxy groups -OCH3 is 1. The van der Waals surface area contributed by atoms with Crippen molar-refractivity contribution in [3.05, 3.63) is 53.7 Å². The van der Waals surface area contributed by atoms with Crippen LogP contribution in [0.4, 0.5) is 5.69 Å². The van der Waals surface area contributed by atoms with E-state index >= 15 is 0 Å². The largest absolute Gasteiger partial charge is 0.495 e. The molecule has 7 nitrogen and oxygen atoms in total. The summed E-state index contributed by atoms with van der Waals surface area (Å²) in [5.74, 6) is 1.08. The summed E-state index contributed by atoms with van der Waals surface area (Å²) >= 11 is 0. The Hall–Kier alpha value is -2.55. The molecule has 182 valence electrons. The molecule has 0 aliphatic carbocycles. The number of likely N-dealkylation sites (N-methyl/N-ethyl adjacent to an activating group) is 1. The average Bonchev–Trinajstić information content (AvgIpc) is 3.27. The van der Waals surface area contributed by atoms with Crippen LogP contribution in [0.25, 0.3) is 10.9 Å². The summed E-state index contributed by atoms with van der Waals surface area (Å²) in [5, 5.41) is 1.26. The zero-order valence-electron chi connectivity index (χ0n) is 20.3. The van der Waals surface area contributed by atoms with E-state index in [0.717, 1.165) is 56.0 Å². The fraction of sp³-hybridized carbons (Fsp3) is 0.462. The highest BCUT2D eigenvalue weighted by molar-refractivity contribution is 7.89. The van der Waals surface area contributed by atoms with Crippen molar-refractivity contribution < 1.29 is 13.2 Å². The number of sulfonamides is 1. The zero-order valence-corrected chi connectivity index (χ0v) is 21.1. The van der Waals surface area contributed by atoms with Gasteiger partial charge in [-0.15, -0.1) is 0 Å². The fourth-order valence-corrected chi connectivity index (χ4v) is 6.77. The van der Waals surface area contributed by atoms with Crippen LogP contribution in [0.1, 0.15) is 29.9 Å². The van der Waals surface area contributed by atoms with Gasteiger partial charge in [0.05, 0.1) is 17.7 Å². The van der Waals surface area contributed by atoms with Crippen LogP contribution < -0.4 is 9.64 Å². The molecule has 0 spiro atoms. The van der Waals surface area contributed by atoms with Gasteiger partial charge in [0, 0.05) is 56.4 Å². The lowest BCUT2D eigenvalue weighted by Gasteiger charge is -2.35. The average molecular weight is 483 g/mol. The summed E-state index contributed by atoms with van der Waals surface area (Å²) in [5.41, 5.74) is 4.55. The number of benzene rings is 2. The molecule has 3 heterocycles. The van der Waals surface area contributed by atoms with Gasteiger partial charge in [-0.25, -0.2) is 8.42 Å². The number of hydrogen-bond acceptors (Lipinski definition) is 5. The van der Waals surface area contributed by atoms with Gasteiger partial charge in [-0.05, 0) is 68.6 Å². The van der Waals surface area contributed by atoms with Gasteiger partial charge in [-0.2, -0.15) is 4.31 Å². The van der Waals surface area contributed by atoms with Crippen LogP contribution >= 0.6 is 0 Å². The summed E-state index contributed by atoms with van der Waals surface area (Å²) in [6.07, 6.45) is 3.74. The maximum atomic E-state index is 13.6. The first-order valence-electron chi connectivity index (χ1n) is 12.1. The molecule has 2 fully saturated rings. The number of H-pyrrole nitrogens is 1. The molecule has 0 unspecified atom stereocenters. The van der Waals surface area contributed by atoms with Crippen LogP contribution in [-0.4, -0.2) is 76.0 Å². The smallest absolute Gasteiger partial charge is 0.243 e. The minimum absolute atomic E-state index is 0.350. The summed E-state index contributed by atoms with van der Waals surface area (Å²) in [6.45, 7) is 6.76. The molecule has 8 heteroatoms. The van der Waals surface area contributed by atoms with Crippen molar-refractivity contribution in [1.29, 1.82) is 0 Å². The van der Waals surface area contributed by atoms with Crippen molar-refractivity contribution in [2.45, 2.75) is 30.6 Å². The van der Waals surface area contributed by atoms with E-state index in [4.69, 9.17) is 4.74 Å². The first kappa shape index (κ1) is 23.2. The number of piperazine rings is 1. The van der Waals surface area contributed by atoms with Crippen LogP contribution in [0.2, 0.25) is 0 Å². The molecular weight excluding hydrogens is 448 g/mol. The second kappa shape index (κ2) is 9.24. The second-order valence-corrected chi connectivity index (χ2v) is 11.5. The van der Waals surface area contributed by atoms with Crippen LogP contribution in [-0.2, 0) is 10.0 Å². The quantitative estimate of drug-likeness (QED) is 0.599. The van der Waals surface area contributed by atoms with E-state index in [-0.39, 0.29) is 0 Å². The molecule has 3 aromatic rings. The number of aromatic amines is 1. The second-order valence-electron chi connectivity index (χ2n) is 9.60. The van der Waals surface area contributed by atoms with Crippen molar-refractivity contribution in [2.24, 2.45) is 0 Å². The topological polar surface area (TPSA) is 68.9 Å². The Bertz CT molecular complexity index is 1270. The van der Waals surface area contributed by atoms with Gasteiger partial charge in [-0.1, -0.05) is 11.6 Å². The lowest BCUT2D eigenvalue weighted by atomic mass is 9.90. The minimum Gasteiger partial charge on any atom is -0.495 e. The van der Waals surface area contributed by atoms with E-state index in [1.165, 1.54) is 16.5 Å². The van der Waals surface area contributed by atoms with E-state index in [0.29, 0.717) is 23.9 Å². The highest BCUT2D eigenvalue weighted by Crippen LogP contribution is 2.37. The Morgan fingerprint density at radius 1 is 0.971 bits per heavy atom. The third kappa shape index (κ3) is 4.30. The summed E-state index contributed by atoms with van der Waals surface area (Å²) in [6, 6.07) is 11.7. The van der Waals surface area contributed by atoms with Gasteiger partial charge in [0.15, 0.2) is 0 Å². The number of aryl methyl sites for hydroxylation is 1. The van der Waals surface area contributed by atoms with Gasteiger partial charge in [0.1, 0.15) is 5.75 Å². The molecule has 2 aromatic carbocycles. The van der Waals surface area contributed by atoms with Crippen molar-refractivity contribution in [1.82, 2.24) is 14.2 Å². The Morgan fingerprint density at radius 2 is 1.71 bits per heavy atom. The minimum atomic E-state index is -3.57. The summed E-state index contributed by atoms with van der Waals surface area (Å²) in [4.78, 5) is 8.24. The molecule has 5 rings (SSSR count). The highest BCUT2D eigenvalue weighted by Gasteiger charge is 2.32. The third-order valence-electron chi connectivity index (χ3n) is 7.40. The number of fused-ring (bicyclic) bond motifs is 1. The number of hydrogen-bond donors (Lipinski definition) is 1. The predicted molar refractivity (Wildman–Crippen MR) is 136 cm³/mol. The van der Waals surface area contributed by atoms with Crippen molar-refractivity contribution in [2.75, 3.05) is 58.3 Å². The number of nitrogens with one attached hydrogen (secondary N) is 1. The number of nitrogens with zero attached hydrogens (tertiary/aromatic N) is 3. The highest BCUT2D eigenvalue weighted by atomic mass is 32.2. The molecule has 0 radical (unpaired) electrons. The number of piperidine rings is 1. The van der Waals surface area contributed by atoms with E-state index < -0.39 is 10.0 Å². The predicted octanol–water partition coefficient (Wildman–Crippen LogP) is 3.81. The Kier molecular flexibility index (Phi) is 6.31. The molecule has 0 amide bonds. The van der Waals surface area contributed by atoms with Gasteiger partial charge >= 0.3 is 0 Å². The first-order chi connectivity index (χ1) is 16.4. The molecule has 0 atom stereocenters. The van der Waals surface area contributed by atoms with Crippen LogP contribution in [0.15, 0.2) is 47.5 Å². The molecule has 2 aliphatic rings. The molecular formula is C26H34N4O3S. The number of anilines is 1. The molecule has 2 saturated heterocycles. The Balaban J connectivity index is 1.34. The van der Waals surface area contributed by atoms with Crippen LogP contribution in [0, 0.1) is 6.92 Å². The van der Waals surface area contributed by atoms with Crippen molar-refractivity contribution >= 4 is 26.6 Å². The first-order valence-corrected chi connectivity index (χ1v) is 13.5. The van der Waals surface area contributed by atoms with Crippen molar-refractivity contribution in [3.8, 4) is 5.75 Å². The van der Waals surface area contributed by atoms with E-state index in [1.807, 2.05) is 0 Å². The van der Waals surface area contributed by atoms with Gasteiger partial charge in [0.25, 0.3) is 0 Å². The van der Waals surface area contributed by atoms with Crippen molar-refractivity contribution in [3.63, 3.8) is 0 Å². The normalized spacial score (nSPS) is 19.1. The number of ether oxygens (including phenoxy) is 1. The standard InChI is InChI=1S/C26H34N4O3S/c1-19-4-6-24-22(16-19)23(18-27-24)20-8-10-30(11-9-20)34(31,32)21-5-7-26(33-3)25(17-21)29-14-12-28(2)13-15-29/h4-7,16-18,20,27H,8-15H2,1-3H3. The molecule has 0 saturated carbocycles.